The van der Waals surface area contributed by atoms with Crippen LogP contribution in [0.5, 0.6) is 5.75 Å². The third-order valence-electron chi connectivity index (χ3n) is 3.66. The molecular weight excluding hydrogens is 336 g/mol. The van der Waals surface area contributed by atoms with Crippen LogP contribution in [0.25, 0.3) is 21.0 Å². The van der Waals surface area contributed by atoms with Crippen molar-refractivity contribution >= 4 is 33.1 Å². The first kappa shape index (κ1) is 15.4. The Bertz CT molecular complexity index is 1020. The number of nitrogens with zero attached hydrogens (tertiary/aromatic N) is 1. The monoisotopic (exact) mass is 350 g/mol. The van der Waals surface area contributed by atoms with Crippen LogP contribution < -0.4 is 10.1 Å². The third-order valence-corrected chi connectivity index (χ3v) is 4.71. The van der Waals surface area contributed by atoms with Gasteiger partial charge in [0.05, 0.1) is 17.3 Å². The van der Waals surface area contributed by atoms with E-state index in [0.29, 0.717) is 17.2 Å². The summed E-state index contributed by atoms with van der Waals surface area (Å²) < 4.78 is 11.9. The normalized spacial score (nSPS) is 10.8. The van der Waals surface area contributed by atoms with Crippen molar-refractivity contribution in [2.75, 3.05) is 12.4 Å². The number of hydrogen-bond donors (Lipinski definition) is 1. The Labute approximate surface area is 147 Å². The lowest BCUT2D eigenvalue weighted by atomic mass is 10.3. The van der Waals surface area contributed by atoms with Gasteiger partial charge in [0.25, 0.3) is 5.91 Å². The lowest BCUT2D eigenvalue weighted by Gasteiger charge is -2.05. The van der Waals surface area contributed by atoms with E-state index in [1.165, 1.54) is 11.3 Å². The van der Waals surface area contributed by atoms with E-state index in [1.807, 2.05) is 36.4 Å². The molecule has 0 unspecified atom stereocenters. The van der Waals surface area contributed by atoms with E-state index in [2.05, 4.69) is 10.3 Å². The number of amides is 1. The van der Waals surface area contributed by atoms with Crippen LogP contribution in [0.15, 0.2) is 65.1 Å². The molecule has 4 rings (SSSR count). The fourth-order valence-corrected chi connectivity index (χ4v) is 3.37. The van der Waals surface area contributed by atoms with Gasteiger partial charge in [0.15, 0.2) is 16.5 Å². The Kier molecular flexibility index (Phi) is 3.95. The maximum Gasteiger partial charge on any atom is 0.291 e. The van der Waals surface area contributed by atoms with Crippen molar-refractivity contribution in [2.24, 2.45) is 0 Å². The van der Waals surface area contributed by atoms with E-state index in [9.17, 15) is 4.79 Å². The predicted octanol–water partition coefficient (Wildman–Crippen LogP) is 4.82. The number of furan rings is 1. The molecule has 124 valence electrons. The van der Waals surface area contributed by atoms with Gasteiger partial charge in [0.2, 0.25) is 0 Å². The zero-order valence-electron chi connectivity index (χ0n) is 13.4. The number of anilines is 1. The molecule has 0 aliphatic heterocycles. The quantitative estimate of drug-likeness (QED) is 0.573. The van der Waals surface area contributed by atoms with Gasteiger partial charge in [-0.05, 0) is 36.4 Å². The molecule has 0 radical (unpaired) electrons. The lowest BCUT2D eigenvalue weighted by Crippen LogP contribution is -2.10. The number of ether oxygens (including phenoxy) is 1. The lowest BCUT2D eigenvalue weighted by molar-refractivity contribution is 0.0997. The van der Waals surface area contributed by atoms with E-state index >= 15 is 0 Å². The smallest absolute Gasteiger partial charge is 0.291 e. The minimum atomic E-state index is -0.319. The molecule has 0 atom stereocenters. The molecule has 2 aromatic heterocycles. The topological polar surface area (TPSA) is 64.4 Å². The number of thiazole rings is 1. The molecule has 1 amide bonds. The number of para-hydroxylation sites is 1. The molecule has 2 aromatic carbocycles. The predicted molar refractivity (Wildman–Crippen MR) is 98.3 cm³/mol. The van der Waals surface area contributed by atoms with Gasteiger partial charge in [-0.2, -0.15) is 0 Å². The fraction of sp³-hybridized carbons (Fsp3) is 0.0526. The van der Waals surface area contributed by atoms with Gasteiger partial charge in [0.1, 0.15) is 5.75 Å². The van der Waals surface area contributed by atoms with Crippen molar-refractivity contribution in [3.8, 4) is 16.5 Å². The van der Waals surface area contributed by atoms with Crippen LogP contribution in [0.1, 0.15) is 10.6 Å². The van der Waals surface area contributed by atoms with Crippen molar-refractivity contribution in [2.45, 2.75) is 0 Å². The van der Waals surface area contributed by atoms with Crippen LogP contribution in [-0.2, 0) is 0 Å². The van der Waals surface area contributed by atoms with Crippen molar-refractivity contribution in [3.63, 3.8) is 0 Å². The Morgan fingerprint density at radius 3 is 2.84 bits per heavy atom. The molecule has 0 saturated carbocycles. The van der Waals surface area contributed by atoms with Gasteiger partial charge in [-0.3, -0.25) is 4.79 Å². The molecule has 4 aromatic rings. The Morgan fingerprint density at radius 1 is 1.12 bits per heavy atom. The number of methoxy groups -OCH3 is 1. The molecule has 0 fully saturated rings. The van der Waals surface area contributed by atoms with Crippen LogP contribution in [0, 0.1) is 0 Å². The molecule has 2 heterocycles. The van der Waals surface area contributed by atoms with Gasteiger partial charge in [-0.15, -0.1) is 11.3 Å². The molecule has 6 heteroatoms. The highest BCUT2D eigenvalue weighted by Gasteiger charge is 2.15. The Hall–Kier alpha value is -3.12. The van der Waals surface area contributed by atoms with Crippen LogP contribution in [-0.4, -0.2) is 18.0 Å². The summed E-state index contributed by atoms with van der Waals surface area (Å²) in [4.78, 5) is 16.9. The van der Waals surface area contributed by atoms with Crippen LogP contribution in [0.2, 0.25) is 0 Å². The molecule has 0 saturated heterocycles. The van der Waals surface area contributed by atoms with Gasteiger partial charge in [-0.25, -0.2) is 4.98 Å². The van der Waals surface area contributed by atoms with Gasteiger partial charge in [-0.1, -0.05) is 18.2 Å². The molecule has 0 aliphatic rings. The number of benzene rings is 2. The maximum absolute atomic E-state index is 12.4. The first-order valence-corrected chi connectivity index (χ1v) is 8.46. The standard InChI is InChI=1S/C19H14N2O3S/c1-23-13-6-4-5-12(11-13)20-18(22)15-9-10-16(24-15)19-21-14-7-2-3-8-17(14)25-19/h2-11H,1H3,(H,20,22). The minimum Gasteiger partial charge on any atom is -0.497 e. The average Bonchev–Trinajstić information content (AvgIpc) is 3.28. The van der Waals surface area contributed by atoms with Crippen molar-refractivity contribution in [1.82, 2.24) is 4.98 Å². The second-order valence-electron chi connectivity index (χ2n) is 5.34. The van der Waals surface area contributed by atoms with Gasteiger partial charge in [0, 0.05) is 11.8 Å². The molecule has 25 heavy (non-hydrogen) atoms. The summed E-state index contributed by atoms with van der Waals surface area (Å²) in [6.45, 7) is 0. The van der Waals surface area contributed by atoms with E-state index in [-0.39, 0.29) is 11.7 Å². The van der Waals surface area contributed by atoms with E-state index in [4.69, 9.17) is 9.15 Å². The zero-order chi connectivity index (χ0) is 17.2. The van der Waals surface area contributed by atoms with Crippen molar-refractivity contribution in [3.05, 3.63) is 66.4 Å². The second-order valence-corrected chi connectivity index (χ2v) is 6.37. The molecule has 5 nitrogen and oxygen atoms in total. The number of rotatable bonds is 4. The fourth-order valence-electron chi connectivity index (χ4n) is 2.45. The number of nitrogens with one attached hydrogen (secondary N) is 1. The molecular formula is C19H14N2O3S. The van der Waals surface area contributed by atoms with Crippen LogP contribution in [0.3, 0.4) is 0 Å². The van der Waals surface area contributed by atoms with E-state index in [1.54, 1.807) is 31.4 Å². The second kappa shape index (κ2) is 6.41. The maximum atomic E-state index is 12.4. The van der Waals surface area contributed by atoms with E-state index in [0.717, 1.165) is 15.2 Å². The number of hydrogen-bond acceptors (Lipinski definition) is 5. The number of carbonyl (C=O) groups excluding carboxylic acids is 1. The summed E-state index contributed by atoms with van der Waals surface area (Å²) in [6.07, 6.45) is 0. The summed E-state index contributed by atoms with van der Waals surface area (Å²) in [5.41, 5.74) is 1.56. The zero-order valence-corrected chi connectivity index (χ0v) is 14.2. The highest BCUT2D eigenvalue weighted by atomic mass is 32.1. The summed E-state index contributed by atoms with van der Waals surface area (Å²) in [5, 5.41) is 3.55. The number of fused-ring (bicyclic) bond motifs is 1. The first-order chi connectivity index (χ1) is 12.2. The first-order valence-electron chi connectivity index (χ1n) is 7.64. The highest BCUT2D eigenvalue weighted by Crippen LogP contribution is 2.31. The van der Waals surface area contributed by atoms with Crippen molar-refractivity contribution < 1.29 is 13.9 Å². The Morgan fingerprint density at radius 2 is 2.00 bits per heavy atom. The summed E-state index contributed by atoms with van der Waals surface area (Å²) in [5.74, 6) is 1.17. The van der Waals surface area contributed by atoms with Crippen LogP contribution >= 0.6 is 11.3 Å². The largest absolute Gasteiger partial charge is 0.497 e. The average molecular weight is 350 g/mol. The van der Waals surface area contributed by atoms with Gasteiger partial charge >= 0.3 is 0 Å². The molecule has 0 aliphatic carbocycles. The summed E-state index contributed by atoms with van der Waals surface area (Å²) in [7, 11) is 1.58. The highest BCUT2D eigenvalue weighted by molar-refractivity contribution is 7.21. The van der Waals surface area contributed by atoms with E-state index < -0.39 is 0 Å². The molecule has 0 bridgehead atoms. The molecule has 1 N–H and O–H groups in total. The summed E-state index contributed by atoms with van der Waals surface area (Å²) >= 11 is 1.53. The third kappa shape index (κ3) is 3.12. The number of aromatic nitrogens is 1. The molecule has 0 spiro atoms. The number of carbonyl (C=O) groups is 1. The van der Waals surface area contributed by atoms with Crippen LogP contribution in [0.4, 0.5) is 5.69 Å². The van der Waals surface area contributed by atoms with Crippen molar-refractivity contribution in [1.29, 1.82) is 0 Å². The Balaban J connectivity index is 1.56. The van der Waals surface area contributed by atoms with Gasteiger partial charge < -0.3 is 14.5 Å². The SMILES string of the molecule is COc1cccc(NC(=O)c2ccc(-c3nc4ccccc4s3)o2)c1. The summed E-state index contributed by atoms with van der Waals surface area (Å²) in [6, 6.07) is 18.4. The minimum absolute atomic E-state index is 0.233.